The molecule has 6 aromatic rings. The van der Waals surface area contributed by atoms with Crippen LogP contribution in [0.3, 0.4) is 0 Å². The van der Waals surface area contributed by atoms with Gasteiger partial charge in [0.25, 0.3) is 0 Å². The lowest BCUT2D eigenvalue weighted by Crippen LogP contribution is -1.93. The van der Waals surface area contributed by atoms with Gasteiger partial charge in [-0.15, -0.1) is 0 Å². The van der Waals surface area contributed by atoms with Crippen LogP contribution >= 0.6 is 0 Å². The molecule has 0 unspecified atom stereocenters. The van der Waals surface area contributed by atoms with Crippen molar-refractivity contribution in [3.05, 3.63) is 166 Å². The van der Waals surface area contributed by atoms with Crippen LogP contribution < -0.4 is 0 Å². The van der Waals surface area contributed by atoms with Crippen molar-refractivity contribution in [2.24, 2.45) is 0 Å². The Morgan fingerprint density at radius 2 is 0.643 bits per heavy atom. The SMILES string of the molecule is OCc1ccc(-c2c3nc(c(-c4ccc(CO)cc4)c4ccc([nH]4)c(-c4ccc(CO)cc4)c4nc(c(-c5ccc(CO)cc5)c5[nH]c2CC5)C=C4)C=C3)cc1. The van der Waals surface area contributed by atoms with Crippen LogP contribution in [-0.4, -0.2) is 40.4 Å². The molecule has 3 aliphatic heterocycles. The van der Waals surface area contributed by atoms with Crippen molar-refractivity contribution in [1.82, 2.24) is 19.9 Å². The minimum absolute atomic E-state index is 0.0399. The topological polar surface area (TPSA) is 138 Å². The number of aromatic nitrogens is 4. The Labute approximate surface area is 324 Å². The number of H-pyrrole nitrogens is 2. The molecule has 0 aliphatic carbocycles. The lowest BCUT2D eigenvalue weighted by Gasteiger charge is -2.09. The third kappa shape index (κ3) is 6.55. The average molecular weight is 737 g/mol. The van der Waals surface area contributed by atoms with Gasteiger partial charge >= 0.3 is 0 Å². The van der Waals surface area contributed by atoms with Gasteiger partial charge in [-0.05, 0) is 93.8 Å². The van der Waals surface area contributed by atoms with Gasteiger partial charge in [-0.25, -0.2) is 9.97 Å². The number of nitrogens with one attached hydrogen (secondary N) is 2. The lowest BCUT2D eigenvalue weighted by atomic mass is 9.98. The Bertz CT molecular complexity index is 2520. The van der Waals surface area contributed by atoms with E-state index in [1.54, 1.807) is 0 Å². The van der Waals surface area contributed by atoms with Crippen molar-refractivity contribution in [3.63, 3.8) is 0 Å². The molecule has 6 N–H and O–H groups in total. The van der Waals surface area contributed by atoms with E-state index in [-0.39, 0.29) is 26.4 Å². The van der Waals surface area contributed by atoms with E-state index in [4.69, 9.17) is 9.97 Å². The molecule has 8 heteroatoms. The zero-order chi connectivity index (χ0) is 38.2. The molecule has 3 aliphatic rings. The second kappa shape index (κ2) is 15.0. The second-order valence-electron chi connectivity index (χ2n) is 14.2. The van der Waals surface area contributed by atoms with Crippen molar-refractivity contribution < 1.29 is 20.4 Å². The molecule has 2 aromatic heterocycles. The first-order valence-electron chi connectivity index (χ1n) is 18.8. The summed E-state index contributed by atoms with van der Waals surface area (Å²) in [5, 5.41) is 39.4. The van der Waals surface area contributed by atoms with Crippen LogP contribution in [0.15, 0.2) is 109 Å². The van der Waals surface area contributed by atoms with Gasteiger partial charge in [-0.1, -0.05) is 97.1 Å². The van der Waals surface area contributed by atoms with Gasteiger partial charge in [0, 0.05) is 44.7 Å². The number of hydrogen-bond donors (Lipinski definition) is 6. The van der Waals surface area contributed by atoms with E-state index in [1.165, 1.54) is 0 Å². The van der Waals surface area contributed by atoms with Crippen molar-refractivity contribution in [2.75, 3.05) is 0 Å². The average Bonchev–Trinajstić information content (AvgIpc) is 4.10. The number of aliphatic hydroxyl groups excluding tert-OH is 4. The highest BCUT2D eigenvalue weighted by Crippen LogP contribution is 2.39. The first kappa shape index (κ1) is 35.3. The fraction of sp³-hybridized carbons (Fsp3) is 0.125. The fourth-order valence-electron chi connectivity index (χ4n) is 7.84. The van der Waals surface area contributed by atoms with Gasteiger partial charge in [-0.3, -0.25) is 0 Å². The highest BCUT2D eigenvalue weighted by atomic mass is 16.3. The van der Waals surface area contributed by atoms with Crippen molar-refractivity contribution in [2.45, 2.75) is 39.3 Å². The normalized spacial score (nSPS) is 12.6. The van der Waals surface area contributed by atoms with E-state index in [0.29, 0.717) is 0 Å². The summed E-state index contributed by atoms with van der Waals surface area (Å²) in [7, 11) is 0. The Hall–Kier alpha value is -6.42. The highest BCUT2D eigenvalue weighted by molar-refractivity contribution is 5.96. The summed E-state index contributed by atoms with van der Waals surface area (Å²) < 4.78 is 0. The van der Waals surface area contributed by atoms with E-state index in [0.717, 1.165) is 125 Å². The maximum absolute atomic E-state index is 9.85. The van der Waals surface area contributed by atoms with E-state index >= 15 is 0 Å². The van der Waals surface area contributed by atoms with Gasteiger partial charge in [0.1, 0.15) is 0 Å². The van der Waals surface area contributed by atoms with Gasteiger partial charge < -0.3 is 30.4 Å². The molecule has 0 saturated heterocycles. The van der Waals surface area contributed by atoms with E-state index in [9.17, 15) is 20.4 Å². The summed E-state index contributed by atoms with van der Waals surface area (Å²) in [5.41, 5.74) is 18.0. The van der Waals surface area contributed by atoms with Gasteiger partial charge in [0.15, 0.2) is 0 Å². The van der Waals surface area contributed by atoms with Crippen LogP contribution in [-0.2, 0) is 39.3 Å². The summed E-state index contributed by atoms with van der Waals surface area (Å²) in [6, 6.07) is 36.0. The Kier molecular flexibility index (Phi) is 9.46. The number of aryl methyl sites for hydroxylation is 2. The van der Waals surface area contributed by atoms with Crippen LogP contribution in [0.5, 0.6) is 0 Å². The standard InChI is InChI=1S/C48H40N4O4/c53-25-29-1-9-33(10-2-29)45-37-17-19-39(49-37)46(34-11-3-30(26-54)4-12-34)41-21-23-43(51-41)48(36-15-7-32(28-56)8-16-36)44-24-22-42(52-44)47(40-20-18-38(45)50-40)35-13-5-31(27-55)6-14-35/h1-21,23,49,52-56H,22,24-28H2. The van der Waals surface area contributed by atoms with Gasteiger partial charge in [0.2, 0.25) is 0 Å². The molecule has 0 fully saturated rings. The van der Waals surface area contributed by atoms with Gasteiger partial charge in [0.05, 0.1) is 49.2 Å². The largest absolute Gasteiger partial charge is 0.392 e. The molecule has 4 aromatic carbocycles. The molecule has 0 spiro atoms. The molecular formula is C48H40N4O4. The third-order valence-electron chi connectivity index (χ3n) is 10.8. The molecule has 8 bridgehead atoms. The molecule has 0 radical (unpaired) electrons. The quantitative estimate of drug-likeness (QED) is 0.0923. The molecule has 0 amide bonds. The molecule has 9 rings (SSSR count). The zero-order valence-corrected chi connectivity index (χ0v) is 30.6. The Balaban J connectivity index is 1.43. The predicted octanol–water partition coefficient (Wildman–Crippen LogP) is 8.80. The zero-order valence-electron chi connectivity index (χ0n) is 30.6. The van der Waals surface area contributed by atoms with E-state index in [2.05, 4.69) is 46.4 Å². The number of aliphatic hydroxyl groups is 4. The van der Waals surface area contributed by atoms with Crippen LogP contribution in [0.4, 0.5) is 0 Å². The molecular weight excluding hydrogens is 697 g/mol. The number of aromatic amines is 2. The van der Waals surface area contributed by atoms with Crippen LogP contribution in [0.1, 0.15) is 56.4 Å². The summed E-state index contributed by atoms with van der Waals surface area (Å²) in [5.74, 6) is 0. The summed E-state index contributed by atoms with van der Waals surface area (Å²) in [6.07, 6.45) is 9.76. The Morgan fingerprint density at radius 1 is 0.357 bits per heavy atom. The van der Waals surface area contributed by atoms with E-state index < -0.39 is 0 Å². The van der Waals surface area contributed by atoms with E-state index in [1.807, 2.05) is 97.1 Å². The number of benzene rings is 4. The molecule has 0 atom stereocenters. The fourth-order valence-corrected chi connectivity index (χ4v) is 7.84. The van der Waals surface area contributed by atoms with Crippen molar-refractivity contribution in [3.8, 4) is 44.5 Å². The summed E-state index contributed by atoms with van der Waals surface area (Å²) >= 11 is 0. The maximum atomic E-state index is 9.85. The molecule has 8 nitrogen and oxygen atoms in total. The molecule has 56 heavy (non-hydrogen) atoms. The summed E-state index contributed by atoms with van der Waals surface area (Å²) in [4.78, 5) is 18.3. The molecule has 5 heterocycles. The number of nitrogens with zero attached hydrogens (tertiary/aromatic N) is 2. The van der Waals surface area contributed by atoms with Crippen LogP contribution in [0, 0.1) is 0 Å². The second-order valence-corrected chi connectivity index (χ2v) is 14.2. The first-order chi connectivity index (χ1) is 27.5. The molecule has 0 saturated carbocycles. The van der Waals surface area contributed by atoms with Crippen molar-refractivity contribution in [1.29, 1.82) is 0 Å². The number of hydrogen-bond acceptors (Lipinski definition) is 6. The maximum Gasteiger partial charge on any atom is 0.0737 e. The minimum Gasteiger partial charge on any atom is -0.392 e. The molecule has 276 valence electrons. The van der Waals surface area contributed by atoms with Crippen molar-refractivity contribution >= 4 is 35.3 Å². The highest BCUT2D eigenvalue weighted by Gasteiger charge is 2.22. The smallest absolute Gasteiger partial charge is 0.0737 e. The Morgan fingerprint density at radius 3 is 0.946 bits per heavy atom. The monoisotopic (exact) mass is 736 g/mol. The van der Waals surface area contributed by atoms with Crippen LogP contribution in [0.25, 0.3) is 79.8 Å². The lowest BCUT2D eigenvalue weighted by molar-refractivity contribution is 0.281. The van der Waals surface area contributed by atoms with Gasteiger partial charge in [-0.2, -0.15) is 0 Å². The number of rotatable bonds is 8. The predicted molar refractivity (Wildman–Crippen MR) is 223 cm³/mol. The first-order valence-corrected chi connectivity index (χ1v) is 18.8. The number of fused-ring (bicyclic) bond motifs is 8. The summed E-state index contributed by atoms with van der Waals surface area (Å²) in [6.45, 7) is -0.175. The van der Waals surface area contributed by atoms with Crippen LogP contribution in [0.2, 0.25) is 0 Å². The minimum atomic E-state index is -0.0474. The third-order valence-corrected chi connectivity index (χ3v) is 10.8.